The van der Waals surface area contributed by atoms with Crippen LogP contribution in [0.5, 0.6) is 0 Å². The zero-order valence-corrected chi connectivity index (χ0v) is 11.7. The van der Waals surface area contributed by atoms with Crippen molar-refractivity contribution < 1.29 is 15.0 Å². The van der Waals surface area contributed by atoms with Gasteiger partial charge in [0.25, 0.3) is 0 Å². The van der Waals surface area contributed by atoms with Gasteiger partial charge in [0, 0.05) is 10.9 Å². The number of hydrogen-bond donors (Lipinski definition) is 2. The zero-order valence-electron chi connectivity index (χ0n) is 10.1. The highest BCUT2D eigenvalue weighted by atomic mass is 79.9. The summed E-state index contributed by atoms with van der Waals surface area (Å²) in [5, 5.41) is 26.1. The van der Waals surface area contributed by atoms with Crippen molar-refractivity contribution in [2.75, 3.05) is 0 Å². The molecule has 1 aromatic heterocycles. The van der Waals surface area contributed by atoms with Gasteiger partial charge < -0.3 is 10.2 Å². The Morgan fingerprint density at radius 1 is 1.47 bits per heavy atom. The van der Waals surface area contributed by atoms with Crippen LogP contribution in [0.15, 0.2) is 28.9 Å². The van der Waals surface area contributed by atoms with Crippen LogP contribution >= 0.6 is 15.9 Å². The Morgan fingerprint density at radius 2 is 2.21 bits per heavy atom. The standard InChI is InChI=1S/C12H12BrN3O3/c1-7(17)2-10-6-16(15-14-10)11-4-8(12(18)19)3-9(13)5-11/h3-7,17H,2H2,1H3,(H,18,19). The van der Waals surface area contributed by atoms with Crippen molar-refractivity contribution in [3.8, 4) is 5.69 Å². The summed E-state index contributed by atoms with van der Waals surface area (Å²) in [5.74, 6) is -1.01. The van der Waals surface area contributed by atoms with Crippen LogP contribution in [0.4, 0.5) is 0 Å². The van der Waals surface area contributed by atoms with E-state index in [4.69, 9.17) is 5.11 Å². The number of hydrogen-bond acceptors (Lipinski definition) is 4. The van der Waals surface area contributed by atoms with Gasteiger partial charge in [0.1, 0.15) is 0 Å². The second-order valence-corrected chi connectivity index (χ2v) is 5.13. The maximum Gasteiger partial charge on any atom is 0.335 e. The predicted molar refractivity (Wildman–Crippen MR) is 71.4 cm³/mol. The van der Waals surface area contributed by atoms with Gasteiger partial charge in [-0.2, -0.15) is 0 Å². The molecule has 1 atom stereocenters. The Labute approximate surface area is 117 Å². The third-order valence-electron chi connectivity index (χ3n) is 2.44. The predicted octanol–water partition coefficient (Wildman–Crippen LogP) is 1.65. The molecule has 2 rings (SSSR count). The van der Waals surface area contributed by atoms with E-state index in [1.807, 2.05) is 0 Å². The zero-order chi connectivity index (χ0) is 14.0. The molecule has 19 heavy (non-hydrogen) atoms. The van der Waals surface area contributed by atoms with Gasteiger partial charge in [0.2, 0.25) is 0 Å². The molecule has 0 fully saturated rings. The molecule has 1 unspecified atom stereocenters. The van der Waals surface area contributed by atoms with Gasteiger partial charge in [0.05, 0.1) is 29.2 Å². The van der Waals surface area contributed by atoms with Crippen LogP contribution in [-0.4, -0.2) is 37.3 Å². The molecule has 7 heteroatoms. The maximum atomic E-state index is 11.0. The van der Waals surface area contributed by atoms with Crippen LogP contribution in [0.25, 0.3) is 5.69 Å². The average molecular weight is 326 g/mol. The van der Waals surface area contributed by atoms with Crippen LogP contribution in [0.2, 0.25) is 0 Å². The Balaban J connectivity index is 2.36. The molecule has 0 radical (unpaired) electrons. The Hall–Kier alpha value is -1.73. The second kappa shape index (κ2) is 5.50. The third-order valence-corrected chi connectivity index (χ3v) is 2.90. The highest BCUT2D eigenvalue weighted by molar-refractivity contribution is 9.10. The molecule has 2 aromatic rings. The third kappa shape index (κ3) is 3.39. The summed E-state index contributed by atoms with van der Waals surface area (Å²) in [5.41, 5.74) is 1.40. The minimum absolute atomic E-state index is 0.164. The molecule has 0 aliphatic heterocycles. The van der Waals surface area contributed by atoms with Crippen molar-refractivity contribution in [2.45, 2.75) is 19.4 Å². The van der Waals surface area contributed by atoms with E-state index in [0.717, 1.165) is 0 Å². The van der Waals surface area contributed by atoms with E-state index < -0.39 is 12.1 Å². The van der Waals surface area contributed by atoms with Crippen molar-refractivity contribution >= 4 is 21.9 Å². The van der Waals surface area contributed by atoms with Crippen molar-refractivity contribution in [2.24, 2.45) is 0 Å². The van der Waals surface area contributed by atoms with Crippen molar-refractivity contribution in [3.63, 3.8) is 0 Å². The molecule has 1 aromatic carbocycles. The highest BCUT2D eigenvalue weighted by Crippen LogP contribution is 2.19. The molecular weight excluding hydrogens is 314 g/mol. The largest absolute Gasteiger partial charge is 0.478 e. The van der Waals surface area contributed by atoms with Crippen molar-refractivity contribution in [1.29, 1.82) is 0 Å². The number of aromatic carboxylic acids is 1. The molecule has 2 N–H and O–H groups in total. The van der Waals surface area contributed by atoms with Gasteiger partial charge in [-0.15, -0.1) is 5.10 Å². The molecule has 0 aliphatic carbocycles. The van der Waals surface area contributed by atoms with E-state index in [1.165, 1.54) is 16.8 Å². The van der Waals surface area contributed by atoms with E-state index in [1.54, 1.807) is 19.2 Å². The van der Waals surface area contributed by atoms with Gasteiger partial charge in [-0.1, -0.05) is 21.1 Å². The fourth-order valence-corrected chi connectivity index (χ4v) is 2.13. The fourth-order valence-electron chi connectivity index (χ4n) is 1.65. The SMILES string of the molecule is CC(O)Cc1cn(-c2cc(Br)cc(C(=O)O)c2)nn1. The molecule has 0 bridgehead atoms. The molecule has 0 amide bonds. The minimum atomic E-state index is -1.01. The first-order valence-corrected chi connectivity index (χ1v) is 6.38. The molecule has 0 saturated carbocycles. The summed E-state index contributed by atoms with van der Waals surface area (Å²) in [6, 6.07) is 4.76. The van der Waals surface area contributed by atoms with Crippen LogP contribution in [0.3, 0.4) is 0 Å². The van der Waals surface area contributed by atoms with Gasteiger partial charge in [-0.05, 0) is 25.1 Å². The summed E-state index contributed by atoms with van der Waals surface area (Å²) >= 11 is 3.26. The first kappa shape index (κ1) is 13.7. The monoisotopic (exact) mass is 325 g/mol. The summed E-state index contributed by atoms with van der Waals surface area (Å²) in [6.45, 7) is 1.67. The molecule has 1 heterocycles. The molecular formula is C12H12BrN3O3. The number of aliphatic hydroxyl groups excluding tert-OH is 1. The number of carbonyl (C=O) groups is 1. The summed E-state index contributed by atoms with van der Waals surface area (Å²) in [4.78, 5) is 11.0. The van der Waals surface area contributed by atoms with E-state index in [-0.39, 0.29) is 5.56 Å². The number of carboxylic acid groups (broad SMARTS) is 1. The molecule has 0 spiro atoms. The van der Waals surface area contributed by atoms with Crippen molar-refractivity contribution in [3.05, 3.63) is 40.1 Å². The number of rotatable bonds is 4. The summed E-state index contributed by atoms with van der Waals surface area (Å²) < 4.78 is 2.13. The molecule has 0 saturated heterocycles. The normalized spacial score (nSPS) is 12.4. The lowest BCUT2D eigenvalue weighted by Gasteiger charge is -2.03. The Morgan fingerprint density at radius 3 is 2.84 bits per heavy atom. The Bertz CT molecular complexity index is 610. The summed E-state index contributed by atoms with van der Waals surface area (Å²) in [6.07, 6.45) is 1.57. The molecule has 0 aliphatic rings. The van der Waals surface area contributed by atoms with Crippen LogP contribution in [-0.2, 0) is 6.42 Å². The van der Waals surface area contributed by atoms with E-state index >= 15 is 0 Å². The first-order chi connectivity index (χ1) is 8.95. The smallest absolute Gasteiger partial charge is 0.335 e. The number of aromatic nitrogens is 3. The minimum Gasteiger partial charge on any atom is -0.478 e. The fraction of sp³-hybridized carbons (Fsp3) is 0.250. The topological polar surface area (TPSA) is 88.2 Å². The molecule has 100 valence electrons. The van der Waals surface area contributed by atoms with Gasteiger partial charge >= 0.3 is 5.97 Å². The number of benzene rings is 1. The number of halogens is 1. The van der Waals surface area contributed by atoms with Crippen LogP contribution in [0, 0.1) is 0 Å². The first-order valence-electron chi connectivity index (χ1n) is 5.59. The maximum absolute atomic E-state index is 11.0. The van der Waals surface area contributed by atoms with Crippen LogP contribution in [0.1, 0.15) is 23.0 Å². The quantitative estimate of drug-likeness (QED) is 0.892. The lowest BCUT2D eigenvalue weighted by atomic mass is 10.2. The second-order valence-electron chi connectivity index (χ2n) is 4.21. The van der Waals surface area contributed by atoms with Gasteiger partial charge in [-0.25, -0.2) is 9.48 Å². The summed E-state index contributed by atoms with van der Waals surface area (Å²) in [7, 11) is 0. The number of carboxylic acids is 1. The number of nitrogens with zero attached hydrogens (tertiary/aromatic N) is 3. The lowest BCUT2D eigenvalue weighted by molar-refractivity contribution is 0.0696. The van der Waals surface area contributed by atoms with Crippen molar-refractivity contribution in [1.82, 2.24) is 15.0 Å². The Kier molecular flexibility index (Phi) is 3.96. The highest BCUT2D eigenvalue weighted by Gasteiger charge is 2.10. The van der Waals surface area contributed by atoms with E-state index in [0.29, 0.717) is 22.3 Å². The van der Waals surface area contributed by atoms with E-state index in [2.05, 4.69) is 26.2 Å². The number of aliphatic hydroxyl groups is 1. The van der Waals surface area contributed by atoms with Gasteiger partial charge in [-0.3, -0.25) is 0 Å². The molecule has 6 nitrogen and oxygen atoms in total. The van der Waals surface area contributed by atoms with E-state index in [9.17, 15) is 9.90 Å². The van der Waals surface area contributed by atoms with Crippen LogP contribution < -0.4 is 0 Å². The average Bonchev–Trinajstić information content (AvgIpc) is 2.75. The van der Waals surface area contributed by atoms with Gasteiger partial charge in [0.15, 0.2) is 0 Å². The lowest BCUT2D eigenvalue weighted by Crippen LogP contribution is -2.04.